The number of amides is 1. The van der Waals surface area contributed by atoms with Crippen LogP contribution in [0, 0.1) is 13.8 Å². The average molecular weight is 468 g/mol. The second-order valence-electron chi connectivity index (χ2n) is 4.13. The number of benzene rings is 1. The number of rotatable bonds is 2. The van der Waals surface area contributed by atoms with E-state index in [1.165, 1.54) is 11.3 Å². The van der Waals surface area contributed by atoms with E-state index in [1.54, 1.807) is 0 Å². The molecule has 0 spiro atoms. The Kier molecular flexibility index (Phi) is 4.87. The van der Waals surface area contributed by atoms with Crippen LogP contribution in [0.4, 0.5) is 5.69 Å². The Bertz CT molecular complexity index is 628. The number of carbonyl (C=O) groups excluding carboxylic acids is 1. The summed E-state index contributed by atoms with van der Waals surface area (Å²) in [5, 5.41) is 2.95. The Morgan fingerprint density at radius 2 is 1.84 bits per heavy atom. The lowest BCUT2D eigenvalue weighted by molar-refractivity contribution is 0.102. The molecule has 2 aromatic rings. The minimum absolute atomic E-state index is 0.124. The first-order valence-electron chi connectivity index (χ1n) is 5.41. The van der Waals surface area contributed by atoms with Crippen molar-refractivity contribution in [2.24, 2.45) is 0 Å². The second-order valence-corrected chi connectivity index (χ2v) is 8.73. The molecule has 19 heavy (non-hydrogen) atoms. The van der Waals surface area contributed by atoms with Crippen LogP contribution in [0.1, 0.15) is 21.5 Å². The summed E-state index contributed by atoms with van der Waals surface area (Å²) in [4.78, 5) is 12.3. The van der Waals surface area contributed by atoms with Gasteiger partial charge in [0, 0.05) is 4.47 Å². The normalized spacial score (nSPS) is 10.6. The standard InChI is InChI=1S/C13H10Br3NOS/c1-6-3-7(2)11(9(14)4-6)17-13(18)8-5-10(15)19-12(8)16/h3-5H,1-2H3,(H,17,18). The molecule has 6 heteroatoms. The molecule has 0 unspecified atom stereocenters. The molecule has 100 valence electrons. The van der Waals surface area contributed by atoms with E-state index in [2.05, 4.69) is 53.1 Å². The SMILES string of the molecule is Cc1cc(C)c(NC(=O)c2cc(Br)sc2Br)c(Br)c1. The summed E-state index contributed by atoms with van der Waals surface area (Å²) in [6, 6.07) is 5.83. The van der Waals surface area contributed by atoms with Crippen LogP contribution in [-0.4, -0.2) is 5.91 Å². The summed E-state index contributed by atoms with van der Waals surface area (Å²) in [7, 11) is 0. The van der Waals surface area contributed by atoms with Crippen LogP contribution in [0.3, 0.4) is 0 Å². The predicted molar refractivity (Wildman–Crippen MR) is 91.3 cm³/mol. The fourth-order valence-electron chi connectivity index (χ4n) is 1.75. The molecule has 1 aromatic carbocycles. The van der Waals surface area contributed by atoms with Gasteiger partial charge in [-0.1, -0.05) is 6.07 Å². The molecule has 0 aliphatic carbocycles. The van der Waals surface area contributed by atoms with E-state index in [0.29, 0.717) is 5.56 Å². The smallest absolute Gasteiger partial charge is 0.257 e. The van der Waals surface area contributed by atoms with Crippen molar-refractivity contribution in [3.8, 4) is 0 Å². The minimum Gasteiger partial charge on any atom is -0.321 e. The van der Waals surface area contributed by atoms with Gasteiger partial charge in [0.25, 0.3) is 5.91 Å². The summed E-state index contributed by atoms with van der Waals surface area (Å²) < 4.78 is 2.63. The highest BCUT2D eigenvalue weighted by molar-refractivity contribution is 9.12. The Morgan fingerprint density at radius 3 is 2.37 bits per heavy atom. The molecule has 1 N–H and O–H groups in total. The maximum absolute atomic E-state index is 12.3. The van der Waals surface area contributed by atoms with Gasteiger partial charge in [0.15, 0.2) is 0 Å². The van der Waals surface area contributed by atoms with Crippen molar-refractivity contribution in [3.63, 3.8) is 0 Å². The number of anilines is 1. The van der Waals surface area contributed by atoms with Gasteiger partial charge in [-0.05, 0) is 84.9 Å². The Morgan fingerprint density at radius 1 is 1.16 bits per heavy atom. The monoisotopic (exact) mass is 465 g/mol. The van der Waals surface area contributed by atoms with Crippen LogP contribution in [0.2, 0.25) is 0 Å². The number of carbonyl (C=O) groups is 1. The lowest BCUT2D eigenvalue weighted by Crippen LogP contribution is -2.13. The quantitative estimate of drug-likeness (QED) is 0.585. The minimum atomic E-state index is -0.124. The lowest BCUT2D eigenvalue weighted by atomic mass is 10.1. The summed E-state index contributed by atoms with van der Waals surface area (Å²) in [6.45, 7) is 4.00. The number of hydrogen-bond acceptors (Lipinski definition) is 2. The van der Waals surface area contributed by atoms with Crippen molar-refractivity contribution in [3.05, 3.63) is 46.9 Å². The van der Waals surface area contributed by atoms with E-state index in [9.17, 15) is 4.79 Å². The Labute approximate surface area is 141 Å². The van der Waals surface area contributed by atoms with E-state index < -0.39 is 0 Å². The Balaban J connectivity index is 2.32. The summed E-state index contributed by atoms with van der Waals surface area (Å²) in [5.74, 6) is -0.124. The summed E-state index contributed by atoms with van der Waals surface area (Å²) in [5.41, 5.74) is 3.63. The van der Waals surface area contributed by atoms with E-state index in [4.69, 9.17) is 0 Å². The van der Waals surface area contributed by atoms with Gasteiger partial charge in [0.2, 0.25) is 0 Å². The molecule has 0 aliphatic rings. The van der Waals surface area contributed by atoms with Crippen LogP contribution < -0.4 is 5.32 Å². The first-order valence-corrected chi connectivity index (χ1v) is 8.61. The lowest BCUT2D eigenvalue weighted by Gasteiger charge is -2.11. The van der Waals surface area contributed by atoms with Gasteiger partial charge in [-0.3, -0.25) is 4.79 Å². The van der Waals surface area contributed by atoms with Crippen LogP contribution in [-0.2, 0) is 0 Å². The van der Waals surface area contributed by atoms with E-state index in [1.807, 2.05) is 32.0 Å². The summed E-state index contributed by atoms with van der Waals surface area (Å²) in [6.07, 6.45) is 0. The number of thiophene rings is 1. The van der Waals surface area contributed by atoms with Crippen molar-refractivity contribution in [2.45, 2.75) is 13.8 Å². The van der Waals surface area contributed by atoms with Crippen LogP contribution in [0.5, 0.6) is 0 Å². The molecule has 1 amide bonds. The summed E-state index contributed by atoms with van der Waals surface area (Å²) >= 11 is 11.7. The maximum atomic E-state index is 12.3. The zero-order chi connectivity index (χ0) is 14.2. The first-order chi connectivity index (χ1) is 8.88. The molecule has 2 rings (SSSR count). The highest BCUT2D eigenvalue weighted by Crippen LogP contribution is 2.33. The van der Waals surface area contributed by atoms with Crippen LogP contribution in [0.25, 0.3) is 0 Å². The number of halogens is 3. The van der Waals surface area contributed by atoms with Gasteiger partial charge in [0.05, 0.1) is 18.8 Å². The fourth-order valence-corrected chi connectivity index (χ4v) is 5.32. The van der Waals surface area contributed by atoms with E-state index >= 15 is 0 Å². The van der Waals surface area contributed by atoms with Crippen molar-refractivity contribution in [2.75, 3.05) is 5.32 Å². The van der Waals surface area contributed by atoms with Crippen LogP contribution >= 0.6 is 59.1 Å². The molecule has 0 saturated heterocycles. The topological polar surface area (TPSA) is 29.1 Å². The predicted octanol–water partition coefficient (Wildman–Crippen LogP) is 5.90. The van der Waals surface area contributed by atoms with Crippen LogP contribution in [0.15, 0.2) is 30.2 Å². The maximum Gasteiger partial charge on any atom is 0.257 e. The zero-order valence-corrected chi connectivity index (χ0v) is 15.8. The fraction of sp³-hybridized carbons (Fsp3) is 0.154. The van der Waals surface area contributed by atoms with Gasteiger partial charge < -0.3 is 5.32 Å². The Hall–Kier alpha value is -0.170. The third-order valence-corrected chi connectivity index (χ3v) is 5.54. The number of aryl methyl sites for hydroxylation is 2. The molecule has 0 saturated carbocycles. The van der Waals surface area contributed by atoms with Gasteiger partial charge in [-0.2, -0.15) is 0 Å². The highest BCUT2D eigenvalue weighted by Gasteiger charge is 2.16. The number of hydrogen-bond donors (Lipinski definition) is 1. The largest absolute Gasteiger partial charge is 0.321 e. The third-order valence-electron chi connectivity index (χ3n) is 2.57. The molecular weight excluding hydrogens is 458 g/mol. The molecule has 1 heterocycles. The van der Waals surface area contributed by atoms with E-state index in [0.717, 1.165) is 28.9 Å². The molecule has 0 fully saturated rings. The van der Waals surface area contributed by atoms with Gasteiger partial charge >= 0.3 is 0 Å². The van der Waals surface area contributed by atoms with Crippen molar-refractivity contribution >= 4 is 70.7 Å². The molecule has 0 atom stereocenters. The second kappa shape index (κ2) is 6.08. The molecule has 0 aliphatic heterocycles. The van der Waals surface area contributed by atoms with Gasteiger partial charge in [-0.15, -0.1) is 11.3 Å². The molecule has 1 aromatic heterocycles. The van der Waals surface area contributed by atoms with Crippen molar-refractivity contribution in [1.29, 1.82) is 0 Å². The molecule has 2 nitrogen and oxygen atoms in total. The van der Waals surface area contributed by atoms with Crippen molar-refractivity contribution < 1.29 is 4.79 Å². The zero-order valence-electron chi connectivity index (χ0n) is 10.2. The molecule has 0 radical (unpaired) electrons. The molecular formula is C13H10Br3NOS. The number of nitrogens with one attached hydrogen (secondary N) is 1. The van der Waals surface area contributed by atoms with Crippen molar-refractivity contribution in [1.82, 2.24) is 0 Å². The van der Waals surface area contributed by atoms with Gasteiger partial charge in [0.1, 0.15) is 0 Å². The molecule has 0 bridgehead atoms. The van der Waals surface area contributed by atoms with E-state index in [-0.39, 0.29) is 5.91 Å². The average Bonchev–Trinajstić information content (AvgIpc) is 2.62. The first kappa shape index (κ1) is 15.2. The third kappa shape index (κ3) is 3.48. The highest BCUT2D eigenvalue weighted by atomic mass is 79.9. The van der Waals surface area contributed by atoms with Gasteiger partial charge in [-0.25, -0.2) is 0 Å².